The van der Waals surface area contributed by atoms with E-state index in [0.29, 0.717) is 19.5 Å². The van der Waals surface area contributed by atoms with Gasteiger partial charge in [-0.05, 0) is 26.4 Å². The van der Waals surface area contributed by atoms with Crippen molar-refractivity contribution in [3.05, 3.63) is 18.2 Å². The van der Waals surface area contributed by atoms with Crippen molar-refractivity contribution >= 4 is 10.0 Å². The van der Waals surface area contributed by atoms with Gasteiger partial charge >= 0.3 is 0 Å². The molecule has 0 aromatic carbocycles. The topological polar surface area (TPSA) is 86.9 Å². The molecule has 7 heteroatoms. The average molecular weight is 260 g/mol. The summed E-state index contributed by atoms with van der Waals surface area (Å²) in [4.78, 5) is 7.05. The van der Waals surface area contributed by atoms with Gasteiger partial charge in [0.2, 0.25) is 10.0 Å². The molecular weight excluding hydrogens is 240 g/mol. The second-order valence-electron chi connectivity index (χ2n) is 3.81. The second-order valence-corrected chi connectivity index (χ2v) is 5.74. The van der Waals surface area contributed by atoms with E-state index in [4.69, 9.17) is 0 Å². The lowest BCUT2D eigenvalue weighted by molar-refractivity contribution is 0.574. The van der Waals surface area contributed by atoms with Crippen LogP contribution < -0.4 is 10.0 Å². The van der Waals surface area contributed by atoms with Gasteiger partial charge in [-0.2, -0.15) is 0 Å². The van der Waals surface area contributed by atoms with Crippen LogP contribution in [0.2, 0.25) is 0 Å². The molecule has 0 aliphatic carbocycles. The first-order valence-corrected chi connectivity index (χ1v) is 7.39. The number of H-pyrrole nitrogens is 1. The van der Waals surface area contributed by atoms with Gasteiger partial charge in [-0.1, -0.05) is 0 Å². The van der Waals surface area contributed by atoms with Gasteiger partial charge in [0, 0.05) is 25.4 Å². The number of hydrogen-bond donors (Lipinski definition) is 3. The van der Waals surface area contributed by atoms with Crippen LogP contribution in [-0.2, 0) is 16.4 Å². The fourth-order valence-electron chi connectivity index (χ4n) is 1.43. The van der Waals surface area contributed by atoms with E-state index in [1.54, 1.807) is 12.4 Å². The van der Waals surface area contributed by atoms with Crippen LogP contribution in [0.5, 0.6) is 0 Å². The van der Waals surface area contributed by atoms with Crippen LogP contribution in [0.3, 0.4) is 0 Å². The van der Waals surface area contributed by atoms with Gasteiger partial charge in [0.1, 0.15) is 5.82 Å². The summed E-state index contributed by atoms with van der Waals surface area (Å²) >= 11 is 0. The summed E-state index contributed by atoms with van der Waals surface area (Å²) in [5.41, 5.74) is 0. The van der Waals surface area contributed by atoms with Crippen LogP contribution in [0.1, 0.15) is 18.7 Å². The Kier molecular flexibility index (Phi) is 6.17. The van der Waals surface area contributed by atoms with Crippen molar-refractivity contribution in [1.82, 2.24) is 20.0 Å². The van der Waals surface area contributed by atoms with Crippen LogP contribution in [-0.4, -0.2) is 44.3 Å². The number of imidazole rings is 1. The smallest absolute Gasteiger partial charge is 0.211 e. The van der Waals surface area contributed by atoms with E-state index in [1.807, 2.05) is 7.05 Å². The number of rotatable bonds is 9. The van der Waals surface area contributed by atoms with E-state index in [2.05, 4.69) is 20.0 Å². The van der Waals surface area contributed by atoms with Crippen LogP contribution in [0.25, 0.3) is 0 Å². The zero-order valence-electron chi connectivity index (χ0n) is 10.1. The molecule has 17 heavy (non-hydrogen) atoms. The normalized spacial score (nSPS) is 11.8. The van der Waals surface area contributed by atoms with Gasteiger partial charge < -0.3 is 10.3 Å². The maximum Gasteiger partial charge on any atom is 0.211 e. The van der Waals surface area contributed by atoms with Gasteiger partial charge in [0.25, 0.3) is 0 Å². The highest BCUT2D eigenvalue weighted by atomic mass is 32.2. The Balaban J connectivity index is 2.12. The third-order valence-corrected chi connectivity index (χ3v) is 3.78. The number of nitrogens with zero attached hydrogens (tertiary/aromatic N) is 1. The molecule has 98 valence electrons. The standard InChI is InChI=1S/C10H20N4O2S/c1-11-5-3-9-17(15,16)14-6-2-4-10-12-7-8-13-10/h7-8,11,14H,2-6,9H2,1H3,(H,12,13). The highest BCUT2D eigenvalue weighted by Crippen LogP contribution is 1.95. The fraction of sp³-hybridized carbons (Fsp3) is 0.700. The highest BCUT2D eigenvalue weighted by molar-refractivity contribution is 7.89. The molecule has 1 heterocycles. The molecule has 6 nitrogen and oxygen atoms in total. The number of sulfonamides is 1. The van der Waals surface area contributed by atoms with E-state index in [1.165, 1.54) is 0 Å². The van der Waals surface area contributed by atoms with Gasteiger partial charge in [-0.15, -0.1) is 0 Å². The SMILES string of the molecule is CNCCCS(=O)(=O)NCCCc1ncc[nH]1. The number of nitrogens with one attached hydrogen (secondary N) is 3. The number of aromatic nitrogens is 2. The Labute approximate surface area is 102 Å². The Hall–Kier alpha value is -0.920. The van der Waals surface area contributed by atoms with Crippen molar-refractivity contribution in [1.29, 1.82) is 0 Å². The van der Waals surface area contributed by atoms with E-state index in [9.17, 15) is 8.42 Å². The number of aromatic amines is 1. The molecule has 0 amide bonds. The summed E-state index contributed by atoms with van der Waals surface area (Å²) in [5, 5.41) is 2.92. The third-order valence-electron chi connectivity index (χ3n) is 2.31. The molecule has 1 aromatic heterocycles. The van der Waals surface area contributed by atoms with Crippen LogP contribution >= 0.6 is 0 Å². The van der Waals surface area contributed by atoms with Crippen molar-refractivity contribution in [3.63, 3.8) is 0 Å². The van der Waals surface area contributed by atoms with Crippen LogP contribution in [0.15, 0.2) is 12.4 Å². The average Bonchev–Trinajstić information content (AvgIpc) is 2.77. The molecule has 0 aliphatic rings. The molecule has 0 radical (unpaired) electrons. The van der Waals surface area contributed by atoms with E-state index >= 15 is 0 Å². The minimum absolute atomic E-state index is 0.175. The van der Waals surface area contributed by atoms with Gasteiger partial charge in [0.15, 0.2) is 0 Å². The molecule has 0 unspecified atom stereocenters. The van der Waals surface area contributed by atoms with Gasteiger partial charge in [-0.25, -0.2) is 18.1 Å². The monoisotopic (exact) mass is 260 g/mol. The Morgan fingerprint density at radius 1 is 1.35 bits per heavy atom. The van der Waals surface area contributed by atoms with E-state index in [-0.39, 0.29) is 5.75 Å². The molecule has 1 aromatic rings. The predicted octanol–water partition coefficient (Wildman–Crippen LogP) is -0.129. The third kappa shape index (κ3) is 6.40. The minimum atomic E-state index is -3.12. The molecule has 0 spiro atoms. The molecule has 0 atom stereocenters. The van der Waals surface area contributed by atoms with E-state index < -0.39 is 10.0 Å². The van der Waals surface area contributed by atoms with Crippen molar-refractivity contribution in [2.24, 2.45) is 0 Å². The molecule has 0 aliphatic heterocycles. The number of hydrogen-bond acceptors (Lipinski definition) is 4. The summed E-state index contributed by atoms with van der Waals surface area (Å²) in [6.45, 7) is 1.18. The second kappa shape index (κ2) is 7.41. The fourth-order valence-corrected chi connectivity index (χ4v) is 2.55. The lowest BCUT2D eigenvalue weighted by Gasteiger charge is -2.05. The minimum Gasteiger partial charge on any atom is -0.349 e. The molecule has 0 bridgehead atoms. The van der Waals surface area contributed by atoms with Crippen molar-refractivity contribution in [2.45, 2.75) is 19.3 Å². The maximum absolute atomic E-state index is 11.5. The zero-order valence-corrected chi connectivity index (χ0v) is 10.9. The van der Waals surface area contributed by atoms with Crippen LogP contribution in [0, 0.1) is 0 Å². The molecule has 3 N–H and O–H groups in total. The molecule has 1 rings (SSSR count). The Morgan fingerprint density at radius 3 is 2.82 bits per heavy atom. The van der Waals surface area contributed by atoms with Crippen molar-refractivity contribution in [2.75, 3.05) is 25.9 Å². The summed E-state index contributed by atoms with van der Waals surface area (Å²) in [7, 11) is -1.31. The quantitative estimate of drug-likeness (QED) is 0.540. The summed E-state index contributed by atoms with van der Waals surface area (Å²) in [6, 6.07) is 0. The summed E-state index contributed by atoms with van der Waals surface area (Å²) in [6.07, 6.45) is 5.59. The molecule has 0 fully saturated rings. The summed E-state index contributed by atoms with van der Waals surface area (Å²) < 4.78 is 25.6. The highest BCUT2D eigenvalue weighted by Gasteiger charge is 2.08. The van der Waals surface area contributed by atoms with Crippen molar-refractivity contribution < 1.29 is 8.42 Å². The van der Waals surface area contributed by atoms with Gasteiger partial charge in [0.05, 0.1) is 5.75 Å². The van der Waals surface area contributed by atoms with Crippen LogP contribution in [0.4, 0.5) is 0 Å². The number of aryl methyl sites for hydroxylation is 1. The van der Waals surface area contributed by atoms with Gasteiger partial charge in [-0.3, -0.25) is 0 Å². The lowest BCUT2D eigenvalue weighted by atomic mass is 10.3. The first-order valence-electron chi connectivity index (χ1n) is 5.74. The first-order chi connectivity index (χ1) is 8.14. The first kappa shape index (κ1) is 14.1. The lowest BCUT2D eigenvalue weighted by Crippen LogP contribution is -2.29. The Morgan fingerprint density at radius 2 is 2.18 bits per heavy atom. The van der Waals surface area contributed by atoms with Crippen molar-refractivity contribution in [3.8, 4) is 0 Å². The largest absolute Gasteiger partial charge is 0.349 e. The summed E-state index contributed by atoms with van der Waals surface area (Å²) in [5.74, 6) is 1.06. The maximum atomic E-state index is 11.5. The zero-order chi connectivity index (χ0) is 12.6. The molecule has 0 saturated carbocycles. The molecule has 0 saturated heterocycles. The predicted molar refractivity (Wildman–Crippen MR) is 67.2 cm³/mol. The molecular formula is C10H20N4O2S. The van der Waals surface area contributed by atoms with E-state index in [0.717, 1.165) is 18.7 Å². The Bertz CT molecular complexity index is 388.